The second-order valence-corrected chi connectivity index (χ2v) is 6.32. The number of benzene rings is 2. The quantitative estimate of drug-likeness (QED) is 0.409. The lowest BCUT2D eigenvalue weighted by molar-refractivity contribution is -0.0249. The first-order valence-electron chi connectivity index (χ1n) is 8.52. The Kier molecular flexibility index (Phi) is 7.71. The number of rotatable bonds is 4. The van der Waals surface area contributed by atoms with E-state index in [4.69, 9.17) is 10.5 Å². The Morgan fingerprint density at radius 2 is 1.88 bits per heavy atom. The maximum Gasteiger partial charge on any atom is 0.193 e. The van der Waals surface area contributed by atoms with Crippen LogP contribution in [0.15, 0.2) is 59.6 Å². The van der Waals surface area contributed by atoms with Crippen LogP contribution in [0.3, 0.4) is 0 Å². The van der Waals surface area contributed by atoms with Crippen molar-refractivity contribution in [2.45, 2.75) is 25.9 Å². The van der Waals surface area contributed by atoms with E-state index in [-0.39, 0.29) is 30.1 Å². The van der Waals surface area contributed by atoms with E-state index < -0.39 is 0 Å². The average molecular weight is 451 g/mol. The predicted octanol–water partition coefficient (Wildman–Crippen LogP) is 4.51. The number of anilines is 1. The molecule has 0 spiro atoms. The maximum atomic E-state index is 6.04. The summed E-state index contributed by atoms with van der Waals surface area (Å²) in [5.41, 5.74) is 9.45. The second kappa shape index (κ2) is 9.77. The van der Waals surface area contributed by atoms with Gasteiger partial charge in [-0.05, 0) is 37.5 Å². The first-order chi connectivity index (χ1) is 11.7. The third-order valence-electron chi connectivity index (χ3n) is 4.39. The lowest BCUT2D eigenvalue weighted by Crippen LogP contribution is -2.28. The van der Waals surface area contributed by atoms with Crippen molar-refractivity contribution in [3.63, 3.8) is 0 Å². The molecular formula is C20H26IN3O. The molecular weight excluding hydrogens is 425 g/mol. The van der Waals surface area contributed by atoms with E-state index in [1.165, 1.54) is 11.1 Å². The largest absolute Gasteiger partial charge is 0.373 e. The van der Waals surface area contributed by atoms with Gasteiger partial charge in [-0.2, -0.15) is 0 Å². The molecule has 0 saturated carbocycles. The van der Waals surface area contributed by atoms with Crippen LogP contribution >= 0.6 is 24.0 Å². The standard InChI is InChI=1S/C20H25N3O.HI/c1-15-9-11-18(12-10-15)23-20(21)22-14-17-8-5-13-24-19(17)16-6-3-2-4-7-16;/h2-4,6-7,9-12,17,19H,5,8,13-14H2,1H3,(H3,21,22,23);1H. The highest BCUT2D eigenvalue weighted by Gasteiger charge is 2.27. The van der Waals surface area contributed by atoms with Gasteiger partial charge in [-0.25, -0.2) is 0 Å². The normalized spacial score (nSPS) is 20.6. The van der Waals surface area contributed by atoms with E-state index in [0.29, 0.717) is 18.4 Å². The van der Waals surface area contributed by atoms with Crippen LogP contribution in [0.5, 0.6) is 0 Å². The van der Waals surface area contributed by atoms with Crippen molar-refractivity contribution in [1.29, 1.82) is 0 Å². The molecule has 1 saturated heterocycles. The van der Waals surface area contributed by atoms with E-state index in [2.05, 4.69) is 53.6 Å². The Labute approximate surface area is 166 Å². The van der Waals surface area contributed by atoms with Crippen LogP contribution in [0.25, 0.3) is 0 Å². The predicted molar refractivity (Wildman–Crippen MR) is 115 cm³/mol. The Morgan fingerprint density at radius 1 is 1.16 bits per heavy atom. The zero-order chi connectivity index (χ0) is 16.8. The highest BCUT2D eigenvalue weighted by atomic mass is 127. The summed E-state index contributed by atoms with van der Waals surface area (Å²) in [5, 5.41) is 3.15. The molecule has 1 aliphatic heterocycles. The minimum absolute atomic E-state index is 0. The van der Waals surface area contributed by atoms with Gasteiger partial charge in [-0.1, -0.05) is 48.0 Å². The fraction of sp³-hybridized carbons (Fsp3) is 0.350. The molecule has 1 aliphatic rings. The molecule has 0 aromatic heterocycles. The first-order valence-corrected chi connectivity index (χ1v) is 8.52. The number of aryl methyl sites for hydroxylation is 1. The maximum absolute atomic E-state index is 6.04. The molecule has 3 rings (SSSR count). The van der Waals surface area contributed by atoms with Crippen LogP contribution in [-0.2, 0) is 4.74 Å². The third-order valence-corrected chi connectivity index (χ3v) is 4.39. The minimum Gasteiger partial charge on any atom is -0.373 e. The van der Waals surface area contributed by atoms with Gasteiger partial charge in [0.15, 0.2) is 5.96 Å². The fourth-order valence-corrected chi connectivity index (χ4v) is 3.08. The molecule has 0 bridgehead atoms. The molecule has 25 heavy (non-hydrogen) atoms. The molecule has 2 aromatic carbocycles. The second-order valence-electron chi connectivity index (χ2n) is 6.32. The van der Waals surface area contributed by atoms with Crippen molar-refractivity contribution in [3.8, 4) is 0 Å². The van der Waals surface area contributed by atoms with Crippen LogP contribution in [0.2, 0.25) is 0 Å². The van der Waals surface area contributed by atoms with Crippen molar-refractivity contribution < 1.29 is 4.74 Å². The van der Waals surface area contributed by atoms with Gasteiger partial charge in [-0.15, -0.1) is 24.0 Å². The molecule has 0 amide bonds. The summed E-state index contributed by atoms with van der Waals surface area (Å²) in [7, 11) is 0. The third kappa shape index (κ3) is 5.71. The first kappa shape index (κ1) is 19.7. The van der Waals surface area contributed by atoms with Gasteiger partial charge in [-0.3, -0.25) is 4.99 Å². The van der Waals surface area contributed by atoms with Gasteiger partial charge in [0.05, 0.1) is 6.10 Å². The van der Waals surface area contributed by atoms with Crippen molar-refractivity contribution in [2.75, 3.05) is 18.5 Å². The van der Waals surface area contributed by atoms with E-state index in [1.807, 2.05) is 18.2 Å². The van der Waals surface area contributed by atoms with Crippen LogP contribution < -0.4 is 11.1 Å². The van der Waals surface area contributed by atoms with Gasteiger partial charge in [0, 0.05) is 24.8 Å². The molecule has 134 valence electrons. The molecule has 0 radical (unpaired) electrons. The van der Waals surface area contributed by atoms with Crippen molar-refractivity contribution >= 4 is 35.6 Å². The fourth-order valence-electron chi connectivity index (χ4n) is 3.08. The molecule has 1 heterocycles. The molecule has 3 N–H and O–H groups in total. The molecule has 2 aromatic rings. The van der Waals surface area contributed by atoms with Crippen LogP contribution in [0.1, 0.15) is 30.1 Å². The number of guanidine groups is 1. The smallest absolute Gasteiger partial charge is 0.193 e. The van der Waals surface area contributed by atoms with Gasteiger partial charge in [0.25, 0.3) is 0 Å². The van der Waals surface area contributed by atoms with Crippen LogP contribution in [0.4, 0.5) is 5.69 Å². The lowest BCUT2D eigenvalue weighted by atomic mass is 9.89. The Morgan fingerprint density at radius 3 is 2.60 bits per heavy atom. The number of halogens is 1. The number of nitrogens with two attached hydrogens (primary N) is 1. The summed E-state index contributed by atoms with van der Waals surface area (Å²) < 4.78 is 6.01. The summed E-state index contributed by atoms with van der Waals surface area (Å²) >= 11 is 0. The van der Waals surface area contributed by atoms with E-state index in [1.54, 1.807) is 0 Å². The van der Waals surface area contributed by atoms with Gasteiger partial charge < -0.3 is 15.8 Å². The summed E-state index contributed by atoms with van der Waals surface area (Å²) in [6.07, 6.45) is 2.30. The zero-order valence-electron chi connectivity index (χ0n) is 14.5. The molecule has 1 fully saturated rings. The highest BCUT2D eigenvalue weighted by molar-refractivity contribution is 14.0. The number of hydrogen-bond acceptors (Lipinski definition) is 2. The average Bonchev–Trinajstić information content (AvgIpc) is 2.63. The number of aliphatic imine (C=N–C) groups is 1. The van der Waals surface area contributed by atoms with E-state index in [0.717, 1.165) is 25.1 Å². The molecule has 2 atom stereocenters. The summed E-state index contributed by atoms with van der Waals surface area (Å²) in [4.78, 5) is 4.54. The van der Waals surface area contributed by atoms with Crippen molar-refractivity contribution in [1.82, 2.24) is 0 Å². The Bertz CT molecular complexity index is 673. The molecule has 2 unspecified atom stereocenters. The molecule has 4 nitrogen and oxygen atoms in total. The topological polar surface area (TPSA) is 59.6 Å². The molecule has 5 heteroatoms. The van der Waals surface area contributed by atoms with E-state index in [9.17, 15) is 0 Å². The zero-order valence-corrected chi connectivity index (χ0v) is 16.9. The molecule has 0 aliphatic carbocycles. The van der Waals surface area contributed by atoms with Gasteiger partial charge in [0.1, 0.15) is 0 Å². The minimum atomic E-state index is 0. The Hall–Kier alpha value is -1.60. The number of hydrogen-bond donors (Lipinski definition) is 2. The summed E-state index contributed by atoms with van der Waals surface area (Å²) in [6.45, 7) is 3.55. The SMILES string of the molecule is Cc1ccc(NC(N)=NCC2CCCOC2c2ccccc2)cc1.I. The van der Waals surface area contributed by atoms with Gasteiger partial charge >= 0.3 is 0 Å². The number of nitrogens with one attached hydrogen (secondary N) is 1. The number of nitrogens with zero attached hydrogens (tertiary/aromatic N) is 1. The highest BCUT2D eigenvalue weighted by Crippen LogP contribution is 2.33. The lowest BCUT2D eigenvalue weighted by Gasteiger charge is -2.31. The van der Waals surface area contributed by atoms with Crippen LogP contribution in [0, 0.1) is 12.8 Å². The van der Waals surface area contributed by atoms with Crippen LogP contribution in [-0.4, -0.2) is 19.1 Å². The van der Waals surface area contributed by atoms with Gasteiger partial charge in [0.2, 0.25) is 0 Å². The Balaban J connectivity index is 0.00000225. The van der Waals surface area contributed by atoms with E-state index >= 15 is 0 Å². The number of ether oxygens (including phenoxy) is 1. The monoisotopic (exact) mass is 451 g/mol. The summed E-state index contributed by atoms with van der Waals surface area (Å²) in [5.74, 6) is 0.816. The summed E-state index contributed by atoms with van der Waals surface area (Å²) in [6, 6.07) is 18.5. The van der Waals surface area contributed by atoms with Crippen molar-refractivity contribution in [3.05, 3.63) is 65.7 Å². The van der Waals surface area contributed by atoms with Crippen molar-refractivity contribution in [2.24, 2.45) is 16.6 Å².